The molecule has 0 aromatic heterocycles. The second kappa shape index (κ2) is 14.7. The lowest BCUT2D eigenvalue weighted by molar-refractivity contribution is -0.128. The van der Waals surface area contributed by atoms with Crippen LogP contribution in [0.15, 0.2) is 42.5 Å². The number of para-hydroxylation sites is 1. The highest BCUT2D eigenvalue weighted by molar-refractivity contribution is 5.52. The molecule has 0 aliphatic rings. The third-order valence-electron chi connectivity index (χ3n) is 3.78. The third-order valence-corrected chi connectivity index (χ3v) is 3.78. The fourth-order valence-electron chi connectivity index (χ4n) is 2.28. The Morgan fingerprint density at radius 1 is 1.11 bits per heavy atom. The van der Waals surface area contributed by atoms with E-state index in [2.05, 4.69) is 55.1 Å². The van der Waals surface area contributed by atoms with Gasteiger partial charge in [0.15, 0.2) is 0 Å². The minimum Gasteiger partial charge on any atom is -0.489 e. The molecule has 0 aliphatic carbocycles. The standard InChI is InChI=1S/C18H23NO.C3H6O2.C2H6/c1-13(2)15-9-10-17(19-4)16(11-15)12-20-18-8-6-5-7-14(18)3;1-2-5-3-4;1-2/h5-11,13,19H,12H2,1-4H3;3H,2H2,1H3;1-2H3. The van der Waals surface area contributed by atoms with Gasteiger partial charge in [-0.1, -0.05) is 58.0 Å². The summed E-state index contributed by atoms with van der Waals surface area (Å²) in [6, 6.07) is 14.7. The van der Waals surface area contributed by atoms with Crippen LogP contribution < -0.4 is 10.1 Å². The largest absolute Gasteiger partial charge is 0.489 e. The summed E-state index contributed by atoms with van der Waals surface area (Å²) in [5, 5.41) is 3.23. The maximum Gasteiger partial charge on any atom is 0.293 e. The van der Waals surface area contributed by atoms with E-state index in [0.717, 1.165) is 11.4 Å². The molecule has 27 heavy (non-hydrogen) atoms. The predicted molar refractivity (Wildman–Crippen MR) is 115 cm³/mol. The van der Waals surface area contributed by atoms with E-state index in [1.165, 1.54) is 16.7 Å². The van der Waals surface area contributed by atoms with E-state index in [9.17, 15) is 4.79 Å². The molecule has 0 spiro atoms. The first kappa shape index (κ1) is 24.5. The van der Waals surface area contributed by atoms with Crippen molar-refractivity contribution in [1.29, 1.82) is 0 Å². The fraction of sp³-hybridized carbons (Fsp3) is 0.435. The molecule has 0 fully saturated rings. The van der Waals surface area contributed by atoms with Gasteiger partial charge in [0.05, 0.1) is 6.61 Å². The van der Waals surface area contributed by atoms with Crippen LogP contribution in [-0.2, 0) is 16.1 Å². The molecule has 0 bridgehead atoms. The Labute approximate surface area is 164 Å². The Balaban J connectivity index is 0.000000838. The van der Waals surface area contributed by atoms with Gasteiger partial charge in [0.2, 0.25) is 0 Å². The second-order valence-electron chi connectivity index (χ2n) is 5.93. The highest BCUT2D eigenvalue weighted by atomic mass is 16.5. The number of ether oxygens (including phenoxy) is 2. The van der Waals surface area contributed by atoms with Crippen molar-refractivity contribution in [2.45, 2.75) is 54.1 Å². The molecule has 4 heteroatoms. The van der Waals surface area contributed by atoms with Crippen LogP contribution in [0.5, 0.6) is 5.75 Å². The number of hydrogen-bond donors (Lipinski definition) is 1. The van der Waals surface area contributed by atoms with Crippen molar-refractivity contribution in [3.05, 3.63) is 59.2 Å². The molecule has 0 radical (unpaired) electrons. The first-order valence-electron chi connectivity index (χ1n) is 9.57. The van der Waals surface area contributed by atoms with Crippen molar-refractivity contribution in [3.8, 4) is 5.75 Å². The van der Waals surface area contributed by atoms with Gasteiger partial charge in [-0.25, -0.2) is 0 Å². The Morgan fingerprint density at radius 3 is 2.26 bits per heavy atom. The van der Waals surface area contributed by atoms with E-state index < -0.39 is 0 Å². The van der Waals surface area contributed by atoms with E-state index in [0.29, 0.717) is 25.6 Å². The summed E-state index contributed by atoms with van der Waals surface area (Å²) in [6.45, 7) is 13.7. The van der Waals surface area contributed by atoms with E-state index in [1.807, 2.05) is 39.1 Å². The van der Waals surface area contributed by atoms with Gasteiger partial charge in [-0.15, -0.1) is 0 Å². The van der Waals surface area contributed by atoms with Crippen LogP contribution in [0, 0.1) is 6.92 Å². The summed E-state index contributed by atoms with van der Waals surface area (Å²) in [6.07, 6.45) is 0. The minimum absolute atomic E-state index is 0.431. The van der Waals surface area contributed by atoms with Gasteiger partial charge < -0.3 is 14.8 Å². The van der Waals surface area contributed by atoms with Crippen molar-refractivity contribution in [2.24, 2.45) is 0 Å². The summed E-state index contributed by atoms with van der Waals surface area (Å²) >= 11 is 0. The van der Waals surface area contributed by atoms with Crippen LogP contribution in [0.25, 0.3) is 0 Å². The minimum atomic E-state index is 0.431. The lowest BCUT2D eigenvalue weighted by atomic mass is 10.00. The van der Waals surface area contributed by atoms with Crippen molar-refractivity contribution in [3.63, 3.8) is 0 Å². The van der Waals surface area contributed by atoms with Gasteiger partial charge in [-0.3, -0.25) is 4.79 Å². The molecule has 0 heterocycles. The second-order valence-corrected chi connectivity index (χ2v) is 5.93. The van der Waals surface area contributed by atoms with Gasteiger partial charge in [0.1, 0.15) is 12.4 Å². The van der Waals surface area contributed by atoms with E-state index in [1.54, 1.807) is 6.92 Å². The van der Waals surface area contributed by atoms with Crippen LogP contribution in [0.3, 0.4) is 0 Å². The lowest BCUT2D eigenvalue weighted by Crippen LogP contribution is -2.03. The quantitative estimate of drug-likeness (QED) is 0.610. The zero-order valence-corrected chi connectivity index (χ0v) is 17.8. The molecule has 2 rings (SSSR count). The molecule has 0 amide bonds. The summed E-state index contributed by atoms with van der Waals surface area (Å²) in [5.41, 5.74) is 4.83. The molecule has 2 aromatic rings. The molecular weight excluding hydrogens is 338 g/mol. The number of carbonyl (C=O) groups is 1. The Morgan fingerprint density at radius 2 is 1.78 bits per heavy atom. The molecule has 1 N–H and O–H groups in total. The number of benzene rings is 2. The maximum absolute atomic E-state index is 9.18. The van der Waals surface area contributed by atoms with Gasteiger partial charge in [0, 0.05) is 18.3 Å². The topological polar surface area (TPSA) is 47.6 Å². The summed E-state index contributed by atoms with van der Waals surface area (Å²) in [5.74, 6) is 1.47. The van der Waals surface area contributed by atoms with Crippen LogP contribution in [-0.4, -0.2) is 20.1 Å². The first-order valence-corrected chi connectivity index (χ1v) is 9.57. The first-order chi connectivity index (χ1) is 13.0. The van der Waals surface area contributed by atoms with Crippen molar-refractivity contribution in [2.75, 3.05) is 19.0 Å². The lowest BCUT2D eigenvalue weighted by Gasteiger charge is -2.15. The summed E-state index contributed by atoms with van der Waals surface area (Å²) < 4.78 is 10.1. The number of aryl methyl sites for hydroxylation is 1. The Hall–Kier alpha value is -2.49. The van der Waals surface area contributed by atoms with Gasteiger partial charge in [0.25, 0.3) is 6.47 Å². The number of anilines is 1. The normalized spacial score (nSPS) is 9.33. The molecule has 0 unspecified atom stereocenters. The molecule has 4 nitrogen and oxygen atoms in total. The average molecular weight is 374 g/mol. The molecule has 2 aromatic carbocycles. The molecule has 0 atom stereocenters. The third kappa shape index (κ3) is 9.13. The molecule has 0 saturated carbocycles. The van der Waals surface area contributed by atoms with E-state index >= 15 is 0 Å². The van der Waals surface area contributed by atoms with Crippen molar-refractivity contribution >= 4 is 12.2 Å². The molecule has 150 valence electrons. The Kier molecular flexibility index (Phi) is 13.3. The van der Waals surface area contributed by atoms with Crippen LogP contribution in [0.4, 0.5) is 5.69 Å². The predicted octanol–water partition coefficient (Wildman–Crippen LogP) is 5.94. The highest BCUT2D eigenvalue weighted by Crippen LogP contribution is 2.24. The Bertz CT molecular complexity index is 654. The zero-order valence-electron chi connectivity index (χ0n) is 17.8. The summed E-state index contributed by atoms with van der Waals surface area (Å²) in [7, 11) is 1.95. The SMILES string of the molecule is CC.CCOC=O.CNc1ccc(C(C)C)cc1COc1ccccc1C. The van der Waals surface area contributed by atoms with Crippen molar-refractivity contribution in [1.82, 2.24) is 0 Å². The maximum atomic E-state index is 9.18. The molecular formula is C23H35NO3. The van der Waals surface area contributed by atoms with Crippen molar-refractivity contribution < 1.29 is 14.3 Å². The van der Waals surface area contributed by atoms with Crippen LogP contribution in [0.2, 0.25) is 0 Å². The smallest absolute Gasteiger partial charge is 0.293 e. The van der Waals surface area contributed by atoms with E-state index in [-0.39, 0.29) is 0 Å². The number of rotatable bonds is 7. The molecule has 0 saturated heterocycles. The monoisotopic (exact) mass is 373 g/mol. The van der Waals surface area contributed by atoms with Crippen LogP contribution >= 0.6 is 0 Å². The number of nitrogens with one attached hydrogen (secondary N) is 1. The summed E-state index contributed by atoms with van der Waals surface area (Å²) in [4.78, 5) is 9.18. The van der Waals surface area contributed by atoms with Gasteiger partial charge >= 0.3 is 0 Å². The average Bonchev–Trinajstić information content (AvgIpc) is 2.69. The number of hydrogen-bond acceptors (Lipinski definition) is 4. The van der Waals surface area contributed by atoms with E-state index in [4.69, 9.17) is 4.74 Å². The molecule has 0 aliphatic heterocycles. The van der Waals surface area contributed by atoms with Gasteiger partial charge in [-0.05, 0) is 43.0 Å². The van der Waals surface area contributed by atoms with Crippen LogP contribution in [0.1, 0.15) is 57.2 Å². The highest BCUT2D eigenvalue weighted by Gasteiger charge is 2.07. The van der Waals surface area contributed by atoms with Gasteiger partial charge in [-0.2, -0.15) is 0 Å². The fourth-order valence-corrected chi connectivity index (χ4v) is 2.28. The number of carbonyl (C=O) groups excluding carboxylic acids is 1. The zero-order chi connectivity index (χ0) is 20.7.